The number of benzene rings is 2. The van der Waals surface area contributed by atoms with E-state index in [2.05, 4.69) is 46.1 Å². The van der Waals surface area contributed by atoms with Crippen LogP contribution in [0.5, 0.6) is 0 Å². The van der Waals surface area contributed by atoms with E-state index in [-0.39, 0.29) is 5.82 Å². The maximum Gasteiger partial charge on any atom is 0.126 e. The Bertz CT molecular complexity index is 907. The van der Waals surface area contributed by atoms with Gasteiger partial charge in [-0.25, -0.2) is 9.37 Å². The summed E-state index contributed by atoms with van der Waals surface area (Å²) in [6, 6.07) is 13.8. The third kappa shape index (κ3) is 3.12. The van der Waals surface area contributed by atoms with Gasteiger partial charge in [-0.05, 0) is 56.0 Å². The Morgan fingerprint density at radius 3 is 2.54 bits per heavy atom. The highest BCUT2D eigenvalue weighted by atomic mass is 19.1. The van der Waals surface area contributed by atoms with E-state index in [1.54, 1.807) is 12.4 Å². The van der Waals surface area contributed by atoms with Gasteiger partial charge in [-0.2, -0.15) is 0 Å². The fourth-order valence-corrected chi connectivity index (χ4v) is 3.98. The first-order valence-electron chi connectivity index (χ1n) is 9.24. The molecule has 4 heteroatoms. The summed E-state index contributed by atoms with van der Waals surface area (Å²) in [6.45, 7) is 5.93. The Kier molecular flexibility index (Phi) is 4.49. The van der Waals surface area contributed by atoms with E-state index in [4.69, 9.17) is 0 Å². The van der Waals surface area contributed by atoms with Gasteiger partial charge in [0, 0.05) is 36.0 Å². The minimum atomic E-state index is -0.151. The number of anilines is 1. The predicted molar refractivity (Wildman–Crippen MR) is 104 cm³/mol. The largest absolute Gasteiger partial charge is 0.371 e. The molecule has 4 rings (SSSR count). The molecule has 0 bridgehead atoms. The summed E-state index contributed by atoms with van der Waals surface area (Å²) >= 11 is 0. The second-order valence-electron chi connectivity index (χ2n) is 7.16. The van der Waals surface area contributed by atoms with Crippen LogP contribution in [-0.4, -0.2) is 23.1 Å². The molecule has 0 radical (unpaired) electrons. The number of aromatic amines is 1. The molecule has 2 aromatic carbocycles. The molecule has 0 saturated carbocycles. The Labute approximate surface area is 153 Å². The topological polar surface area (TPSA) is 31.9 Å². The lowest BCUT2D eigenvalue weighted by Gasteiger charge is -2.34. The van der Waals surface area contributed by atoms with E-state index < -0.39 is 0 Å². The first-order valence-corrected chi connectivity index (χ1v) is 9.24. The highest BCUT2D eigenvalue weighted by Gasteiger charge is 2.24. The highest BCUT2D eigenvalue weighted by molar-refractivity contribution is 5.79. The molecule has 0 spiro atoms. The lowest BCUT2D eigenvalue weighted by atomic mass is 9.91. The standard InChI is InChI=1S/C22H24FN3/c1-15-13-18(7-8-20(15)23)19-5-3-4-6-21(19)26-11-9-17(10-12-26)22-16(2)24-14-25-22/h3-8,13-14,17H,9-12H2,1-2H3,(H,24,25). The number of aryl methyl sites for hydroxylation is 2. The minimum absolute atomic E-state index is 0.151. The normalized spacial score (nSPS) is 15.4. The van der Waals surface area contributed by atoms with Crippen LogP contribution in [0.1, 0.15) is 35.7 Å². The van der Waals surface area contributed by atoms with Crippen molar-refractivity contribution in [3.05, 3.63) is 71.6 Å². The lowest BCUT2D eigenvalue weighted by molar-refractivity contribution is 0.496. The molecule has 0 atom stereocenters. The van der Waals surface area contributed by atoms with Crippen molar-refractivity contribution in [2.24, 2.45) is 0 Å². The van der Waals surface area contributed by atoms with Crippen molar-refractivity contribution in [2.45, 2.75) is 32.6 Å². The fraction of sp³-hybridized carbons (Fsp3) is 0.318. The van der Waals surface area contributed by atoms with E-state index in [0.717, 1.165) is 31.5 Å². The molecular formula is C22H24FN3. The van der Waals surface area contributed by atoms with E-state index in [0.29, 0.717) is 11.5 Å². The van der Waals surface area contributed by atoms with Crippen molar-refractivity contribution < 1.29 is 4.39 Å². The molecule has 26 heavy (non-hydrogen) atoms. The summed E-state index contributed by atoms with van der Waals surface area (Å²) in [7, 11) is 0. The minimum Gasteiger partial charge on any atom is -0.371 e. The molecule has 1 saturated heterocycles. The summed E-state index contributed by atoms with van der Waals surface area (Å²) < 4.78 is 13.7. The van der Waals surface area contributed by atoms with Gasteiger partial charge in [-0.3, -0.25) is 0 Å². The number of rotatable bonds is 3. The van der Waals surface area contributed by atoms with Crippen LogP contribution < -0.4 is 4.90 Å². The van der Waals surface area contributed by atoms with Gasteiger partial charge in [0.05, 0.1) is 12.0 Å². The Morgan fingerprint density at radius 2 is 1.85 bits per heavy atom. The number of halogens is 1. The van der Waals surface area contributed by atoms with Crippen LogP contribution in [0.4, 0.5) is 10.1 Å². The summed E-state index contributed by atoms with van der Waals surface area (Å²) in [6.07, 6.45) is 3.99. The number of hydrogen-bond donors (Lipinski definition) is 1. The summed E-state index contributed by atoms with van der Waals surface area (Å²) in [4.78, 5) is 10.2. The van der Waals surface area contributed by atoms with Gasteiger partial charge >= 0.3 is 0 Å². The van der Waals surface area contributed by atoms with E-state index in [9.17, 15) is 4.39 Å². The van der Waals surface area contributed by atoms with Gasteiger partial charge in [0.15, 0.2) is 0 Å². The van der Waals surface area contributed by atoms with Crippen LogP contribution in [0.15, 0.2) is 48.8 Å². The lowest BCUT2D eigenvalue weighted by Crippen LogP contribution is -2.33. The highest BCUT2D eigenvalue weighted by Crippen LogP contribution is 2.36. The average Bonchev–Trinajstić information content (AvgIpc) is 3.10. The van der Waals surface area contributed by atoms with Crippen LogP contribution in [0.25, 0.3) is 11.1 Å². The molecular weight excluding hydrogens is 325 g/mol. The Hall–Kier alpha value is -2.62. The molecule has 0 aliphatic carbocycles. The molecule has 1 aliphatic rings. The van der Waals surface area contributed by atoms with Crippen molar-refractivity contribution in [2.75, 3.05) is 18.0 Å². The number of imidazole rings is 1. The predicted octanol–water partition coefficient (Wildman–Crippen LogP) is 5.22. The van der Waals surface area contributed by atoms with Gasteiger partial charge in [-0.15, -0.1) is 0 Å². The maximum absolute atomic E-state index is 13.7. The Balaban J connectivity index is 1.58. The van der Waals surface area contributed by atoms with Crippen molar-refractivity contribution >= 4 is 5.69 Å². The SMILES string of the molecule is Cc1cc(-c2ccccc2N2CCC(c3nc[nH]c3C)CC2)ccc1F. The molecule has 1 fully saturated rings. The number of aromatic nitrogens is 2. The molecule has 1 aromatic heterocycles. The Morgan fingerprint density at radius 1 is 1.08 bits per heavy atom. The summed E-state index contributed by atoms with van der Waals surface area (Å²) in [5.41, 5.74) is 6.56. The molecule has 0 unspecified atom stereocenters. The zero-order valence-corrected chi connectivity index (χ0v) is 15.3. The van der Waals surface area contributed by atoms with Gasteiger partial charge in [0.25, 0.3) is 0 Å². The molecule has 134 valence electrons. The number of nitrogens with one attached hydrogen (secondary N) is 1. The van der Waals surface area contributed by atoms with Gasteiger partial charge < -0.3 is 9.88 Å². The zero-order valence-electron chi connectivity index (χ0n) is 15.3. The van der Waals surface area contributed by atoms with Gasteiger partial charge in [0.2, 0.25) is 0 Å². The number of hydrogen-bond acceptors (Lipinski definition) is 2. The van der Waals surface area contributed by atoms with Crippen LogP contribution in [0, 0.1) is 19.7 Å². The van der Waals surface area contributed by atoms with Crippen LogP contribution in [0.3, 0.4) is 0 Å². The molecule has 0 amide bonds. The van der Waals surface area contributed by atoms with Crippen molar-refractivity contribution in [1.82, 2.24) is 9.97 Å². The number of para-hydroxylation sites is 1. The van der Waals surface area contributed by atoms with E-state index >= 15 is 0 Å². The quantitative estimate of drug-likeness (QED) is 0.703. The first kappa shape index (κ1) is 16.8. The average molecular weight is 349 g/mol. The fourth-order valence-electron chi connectivity index (χ4n) is 3.98. The smallest absolute Gasteiger partial charge is 0.126 e. The molecule has 3 nitrogen and oxygen atoms in total. The number of piperidine rings is 1. The third-order valence-electron chi connectivity index (χ3n) is 5.46. The monoisotopic (exact) mass is 349 g/mol. The number of nitrogens with zero attached hydrogens (tertiary/aromatic N) is 2. The van der Waals surface area contributed by atoms with Crippen molar-refractivity contribution in [3.8, 4) is 11.1 Å². The van der Waals surface area contributed by atoms with Gasteiger partial charge in [-0.1, -0.05) is 24.3 Å². The first-order chi connectivity index (χ1) is 12.6. The maximum atomic E-state index is 13.7. The van der Waals surface area contributed by atoms with Crippen LogP contribution >= 0.6 is 0 Å². The summed E-state index contributed by atoms with van der Waals surface area (Å²) in [5.74, 6) is 0.374. The van der Waals surface area contributed by atoms with Gasteiger partial charge in [0.1, 0.15) is 5.82 Å². The molecule has 1 N–H and O–H groups in total. The number of H-pyrrole nitrogens is 1. The van der Waals surface area contributed by atoms with E-state index in [1.807, 2.05) is 19.1 Å². The molecule has 1 aliphatic heterocycles. The van der Waals surface area contributed by atoms with E-state index in [1.165, 1.54) is 22.6 Å². The summed E-state index contributed by atoms with van der Waals surface area (Å²) in [5, 5.41) is 0. The molecule has 2 heterocycles. The second-order valence-corrected chi connectivity index (χ2v) is 7.16. The zero-order chi connectivity index (χ0) is 18.1. The van der Waals surface area contributed by atoms with Crippen molar-refractivity contribution in [1.29, 1.82) is 0 Å². The second kappa shape index (κ2) is 6.94. The third-order valence-corrected chi connectivity index (χ3v) is 5.46. The van der Waals surface area contributed by atoms with Crippen LogP contribution in [-0.2, 0) is 0 Å². The van der Waals surface area contributed by atoms with Crippen LogP contribution in [0.2, 0.25) is 0 Å². The molecule has 3 aromatic rings. The van der Waals surface area contributed by atoms with Crippen molar-refractivity contribution in [3.63, 3.8) is 0 Å².